The van der Waals surface area contributed by atoms with Gasteiger partial charge in [0, 0.05) is 11.3 Å². The SMILES string of the molecule is C=CC(=O)Nc1ccc(-c2[nH]c3ncnc(N)c3c2C(=C)C)cc1. The molecule has 1 aromatic carbocycles. The number of H-pyrrole nitrogens is 1. The maximum Gasteiger partial charge on any atom is 0.247 e. The minimum Gasteiger partial charge on any atom is -0.383 e. The second-order valence-corrected chi connectivity index (χ2v) is 5.41. The molecule has 24 heavy (non-hydrogen) atoms. The van der Waals surface area contributed by atoms with E-state index in [4.69, 9.17) is 5.73 Å². The summed E-state index contributed by atoms with van der Waals surface area (Å²) in [6, 6.07) is 7.44. The molecule has 0 radical (unpaired) electrons. The van der Waals surface area contributed by atoms with Crippen molar-refractivity contribution in [2.45, 2.75) is 6.92 Å². The standard InChI is InChI=1S/C18H17N5O/c1-4-13(24)22-12-7-5-11(6-8-12)16-14(10(2)3)15-17(19)20-9-21-18(15)23-16/h4-9H,1-2H2,3H3,(H,22,24)(H3,19,20,21,23). The molecule has 3 rings (SSSR count). The Morgan fingerprint density at radius 2 is 2.00 bits per heavy atom. The van der Waals surface area contributed by atoms with Crippen LogP contribution in [0.4, 0.5) is 11.5 Å². The highest BCUT2D eigenvalue weighted by atomic mass is 16.1. The lowest BCUT2D eigenvalue weighted by Crippen LogP contribution is -2.06. The van der Waals surface area contributed by atoms with Crippen LogP contribution >= 0.6 is 0 Å². The Morgan fingerprint density at radius 1 is 1.29 bits per heavy atom. The molecule has 0 saturated carbocycles. The monoisotopic (exact) mass is 319 g/mol. The van der Waals surface area contributed by atoms with Crippen LogP contribution in [-0.2, 0) is 4.79 Å². The number of aromatic nitrogens is 3. The Labute approximate surface area is 139 Å². The van der Waals surface area contributed by atoms with E-state index in [-0.39, 0.29) is 5.91 Å². The zero-order valence-electron chi connectivity index (χ0n) is 13.3. The Morgan fingerprint density at radius 3 is 2.62 bits per heavy atom. The molecule has 4 N–H and O–H groups in total. The second kappa shape index (κ2) is 6.00. The molecule has 0 saturated heterocycles. The number of amides is 1. The number of allylic oxidation sites excluding steroid dienone is 1. The van der Waals surface area contributed by atoms with Gasteiger partial charge in [0.25, 0.3) is 0 Å². The molecule has 1 amide bonds. The van der Waals surface area contributed by atoms with E-state index in [9.17, 15) is 4.79 Å². The fourth-order valence-corrected chi connectivity index (χ4v) is 2.60. The van der Waals surface area contributed by atoms with E-state index in [0.717, 1.165) is 27.8 Å². The number of hydrogen-bond donors (Lipinski definition) is 3. The second-order valence-electron chi connectivity index (χ2n) is 5.41. The molecular formula is C18H17N5O. The van der Waals surface area contributed by atoms with Crippen molar-refractivity contribution in [1.29, 1.82) is 0 Å². The summed E-state index contributed by atoms with van der Waals surface area (Å²) in [5, 5.41) is 3.48. The van der Waals surface area contributed by atoms with E-state index >= 15 is 0 Å². The summed E-state index contributed by atoms with van der Waals surface area (Å²) in [4.78, 5) is 22.9. The number of hydrogen-bond acceptors (Lipinski definition) is 4. The first-order valence-electron chi connectivity index (χ1n) is 7.33. The van der Waals surface area contributed by atoms with Crippen LogP contribution in [0.5, 0.6) is 0 Å². The summed E-state index contributed by atoms with van der Waals surface area (Å²) in [5.41, 5.74) is 10.9. The average Bonchev–Trinajstić information content (AvgIpc) is 2.96. The summed E-state index contributed by atoms with van der Waals surface area (Å²) in [6.07, 6.45) is 2.65. The first-order valence-corrected chi connectivity index (χ1v) is 7.33. The summed E-state index contributed by atoms with van der Waals surface area (Å²) in [7, 11) is 0. The number of rotatable bonds is 4. The maximum absolute atomic E-state index is 11.4. The van der Waals surface area contributed by atoms with Gasteiger partial charge in [-0.2, -0.15) is 0 Å². The fraction of sp³-hybridized carbons (Fsp3) is 0.0556. The number of aromatic amines is 1. The summed E-state index contributed by atoms with van der Waals surface area (Å²) < 4.78 is 0. The lowest BCUT2D eigenvalue weighted by molar-refractivity contribution is -0.111. The molecule has 6 nitrogen and oxygen atoms in total. The number of benzene rings is 1. The van der Waals surface area contributed by atoms with Gasteiger partial charge in [-0.3, -0.25) is 4.79 Å². The van der Waals surface area contributed by atoms with Gasteiger partial charge in [-0.05, 0) is 36.3 Å². The van der Waals surface area contributed by atoms with Crippen LogP contribution in [0.1, 0.15) is 12.5 Å². The van der Waals surface area contributed by atoms with Crippen LogP contribution in [0.2, 0.25) is 0 Å². The van der Waals surface area contributed by atoms with Crippen LogP contribution in [0, 0.1) is 0 Å². The Bertz CT molecular complexity index is 953. The van der Waals surface area contributed by atoms with Crippen LogP contribution in [-0.4, -0.2) is 20.9 Å². The van der Waals surface area contributed by atoms with Crippen LogP contribution in [0.3, 0.4) is 0 Å². The molecule has 0 aliphatic heterocycles. The van der Waals surface area contributed by atoms with Crippen molar-refractivity contribution in [3.8, 4) is 11.3 Å². The highest BCUT2D eigenvalue weighted by molar-refractivity contribution is 6.03. The van der Waals surface area contributed by atoms with Crippen molar-refractivity contribution in [2.24, 2.45) is 0 Å². The molecule has 3 aromatic rings. The molecule has 120 valence electrons. The zero-order valence-corrected chi connectivity index (χ0v) is 13.3. The molecule has 0 bridgehead atoms. The predicted molar refractivity (Wildman–Crippen MR) is 97.3 cm³/mol. The van der Waals surface area contributed by atoms with Gasteiger partial charge in [0.05, 0.1) is 11.1 Å². The third-order valence-electron chi connectivity index (χ3n) is 3.67. The predicted octanol–water partition coefficient (Wildman–Crippen LogP) is 3.36. The minimum atomic E-state index is -0.251. The fourth-order valence-electron chi connectivity index (χ4n) is 2.60. The van der Waals surface area contributed by atoms with Gasteiger partial charge in [0.2, 0.25) is 5.91 Å². The molecule has 0 fully saturated rings. The number of fused-ring (bicyclic) bond motifs is 1. The summed E-state index contributed by atoms with van der Waals surface area (Å²) in [6.45, 7) is 9.39. The van der Waals surface area contributed by atoms with Crippen molar-refractivity contribution in [2.75, 3.05) is 11.1 Å². The number of anilines is 2. The van der Waals surface area contributed by atoms with Gasteiger partial charge in [-0.25, -0.2) is 9.97 Å². The van der Waals surface area contributed by atoms with Gasteiger partial charge in [0.1, 0.15) is 17.8 Å². The van der Waals surface area contributed by atoms with Crippen molar-refractivity contribution >= 4 is 34.0 Å². The van der Waals surface area contributed by atoms with Crippen molar-refractivity contribution in [1.82, 2.24) is 15.0 Å². The van der Waals surface area contributed by atoms with E-state index in [1.54, 1.807) is 0 Å². The number of nitrogens with zero attached hydrogens (tertiary/aromatic N) is 2. The van der Waals surface area contributed by atoms with Gasteiger partial charge >= 0.3 is 0 Å². The Hall–Kier alpha value is -3.41. The Kier molecular flexibility index (Phi) is 3.87. The Balaban J connectivity index is 2.11. The number of nitrogens with two attached hydrogens (primary N) is 1. The lowest BCUT2D eigenvalue weighted by Gasteiger charge is -2.07. The molecule has 0 atom stereocenters. The summed E-state index contributed by atoms with van der Waals surface area (Å²) >= 11 is 0. The average molecular weight is 319 g/mol. The number of nitrogens with one attached hydrogen (secondary N) is 2. The van der Waals surface area contributed by atoms with Gasteiger partial charge in [-0.15, -0.1) is 0 Å². The largest absolute Gasteiger partial charge is 0.383 e. The highest BCUT2D eigenvalue weighted by Gasteiger charge is 2.17. The first-order chi connectivity index (χ1) is 11.5. The van der Waals surface area contributed by atoms with Gasteiger partial charge < -0.3 is 16.0 Å². The number of nitrogen functional groups attached to an aromatic ring is 1. The van der Waals surface area contributed by atoms with Crippen molar-refractivity contribution < 1.29 is 4.79 Å². The molecule has 0 aliphatic rings. The van der Waals surface area contributed by atoms with Crippen LogP contribution in [0.25, 0.3) is 27.9 Å². The van der Waals surface area contributed by atoms with Gasteiger partial charge in [0.15, 0.2) is 0 Å². The van der Waals surface area contributed by atoms with E-state index in [1.165, 1.54) is 12.4 Å². The van der Waals surface area contributed by atoms with Crippen molar-refractivity contribution in [3.05, 3.63) is 55.4 Å². The third-order valence-corrected chi connectivity index (χ3v) is 3.67. The minimum absolute atomic E-state index is 0.251. The number of carbonyl (C=O) groups is 1. The first kappa shape index (κ1) is 15.5. The normalized spacial score (nSPS) is 10.5. The van der Waals surface area contributed by atoms with E-state index in [1.807, 2.05) is 31.2 Å². The summed E-state index contributed by atoms with van der Waals surface area (Å²) in [5.74, 6) is 0.161. The molecular weight excluding hydrogens is 302 g/mol. The highest BCUT2D eigenvalue weighted by Crippen LogP contribution is 2.36. The zero-order chi connectivity index (χ0) is 17.3. The molecule has 0 spiro atoms. The third kappa shape index (κ3) is 2.65. The molecule has 2 aromatic heterocycles. The quantitative estimate of drug-likeness (QED) is 0.642. The van der Waals surface area contributed by atoms with Crippen LogP contribution in [0.15, 0.2) is 49.8 Å². The molecule has 2 heterocycles. The van der Waals surface area contributed by atoms with Crippen molar-refractivity contribution in [3.63, 3.8) is 0 Å². The van der Waals surface area contributed by atoms with E-state index in [0.29, 0.717) is 17.2 Å². The van der Waals surface area contributed by atoms with E-state index in [2.05, 4.69) is 33.4 Å². The molecule has 0 unspecified atom stereocenters. The molecule has 6 heteroatoms. The number of carbonyl (C=O) groups excluding carboxylic acids is 1. The maximum atomic E-state index is 11.4. The van der Waals surface area contributed by atoms with E-state index < -0.39 is 0 Å². The van der Waals surface area contributed by atoms with Gasteiger partial charge in [-0.1, -0.05) is 25.3 Å². The smallest absolute Gasteiger partial charge is 0.247 e. The lowest BCUT2D eigenvalue weighted by atomic mass is 10.0. The van der Waals surface area contributed by atoms with Crippen LogP contribution < -0.4 is 11.1 Å². The molecule has 0 aliphatic carbocycles. The topological polar surface area (TPSA) is 96.7 Å².